The van der Waals surface area contributed by atoms with E-state index < -0.39 is 0 Å². The van der Waals surface area contributed by atoms with Gasteiger partial charge in [0.1, 0.15) is 0 Å². The molecule has 4 nitrogen and oxygen atoms in total. The van der Waals surface area contributed by atoms with Crippen LogP contribution in [-0.4, -0.2) is 15.0 Å². The van der Waals surface area contributed by atoms with Crippen molar-refractivity contribution in [2.75, 3.05) is 0 Å². The minimum atomic E-state index is 0.200. The molecule has 10 rings (SSSR count). The topological polar surface area (TPSA) is 62.5 Å². The molecule has 0 aliphatic heterocycles. The Bertz CT molecular complexity index is 2080. The summed E-state index contributed by atoms with van der Waals surface area (Å²) in [6, 6.07) is 49.1. The highest BCUT2D eigenvalue weighted by atomic mass is 15.0. The van der Waals surface area contributed by atoms with Gasteiger partial charge in [0, 0.05) is 16.7 Å². The van der Waals surface area contributed by atoms with Gasteiger partial charge in [-0.15, -0.1) is 0 Å². The van der Waals surface area contributed by atoms with Crippen molar-refractivity contribution in [1.82, 2.24) is 15.0 Å². The lowest BCUT2D eigenvalue weighted by atomic mass is 9.41. The lowest BCUT2D eigenvalue weighted by molar-refractivity contribution is -0.0281. The zero-order chi connectivity index (χ0) is 32.1. The Balaban J connectivity index is 1.04. The van der Waals surface area contributed by atoms with Gasteiger partial charge in [0.05, 0.1) is 11.6 Å². The van der Waals surface area contributed by atoms with Gasteiger partial charge in [0.15, 0.2) is 17.5 Å². The Morgan fingerprint density at radius 1 is 0.479 bits per heavy atom. The van der Waals surface area contributed by atoms with Crippen LogP contribution in [0.25, 0.3) is 45.3 Å². The van der Waals surface area contributed by atoms with Crippen LogP contribution in [-0.2, 0) is 10.8 Å². The number of nitriles is 1. The lowest BCUT2D eigenvalue weighted by Crippen LogP contribution is -2.55. The predicted molar refractivity (Wildman–Crippen MR) is 191 cm³/mol. The van der Waals surface area contributed by atoms with Crippen LogP contribution in [0.5, 0.6) is 0 Å². The van der Waals surface area contributed by atoms with Crippen LogP contribution in [0.15, 0.2) is 133 Å². The van der Waals surface area contributed by atoms with E-state index >= 15 is 0 Å². The second kappa shape index (κ2) is 11.4. The standard InChI is InChI=1S/C44H36N4/c45-28-30-8-7-13-37(23-30)33-14-18-38(19-15-33)43-24-31-22-32(25-43)27-44(26-31,29-43)39-20-16-36(17-21-39)42-47-40(34-9-3-1-4-10-34)46-41(48-42)35-11-5-2-6-12-35/h1-21,23,31-32H,22,24-27,29H2. The Morgan fingerprint density at radius 2 is 0.917 bits per heavy atom. The van der Waals surface area contributed by atoms with Gasteiger partial charge in [-0.3, -0.25) is 0 Å². The molecule has 232 valence electrons. The second-order valence-corrected chi connectivity index (χ2v) is 14.4. The first-order chi connectivity index (χ1) is 23.6. The summed E-state index contributed by atoms with van der Waals surface area (Å²) in [4.78, 5) is 14.8. The summed E-state index contributed by atoms with van der Waals surface area (Å²) in [6.07, 6.45) is 7.73. The molecule has 5 aromatic carbocycles. The van der Waals surface area contributed by atoms with Gasteiger partial charge in [-0.05, 0) is 95.6 Å². The van der Waals surface area contributed by atoms with Gasteiger partial charge in [-0.25, -0.2) is 15.0 Å². The summed E-state index contributed by atoms with van der Waals surface area (Å²) < 4.78 is 0. The third kappa shape index (κ3) is 5.02. The summed E-state index contributed by atoms with van der Waals surface area (Å²) in [7, 11) is 0. The van der Waals surface area contributed by atoms with Crippen LogP contribution in [0.2, 0.25) is 0 Å². The zero-order valence-corrected chi connectivity index (χ0v) is 26.9. The third-order valence-electron chi connectivity index (χ3n) is 11.3. The Morgan fingerprint density at radius 3 is 1.40 bits per heavy atom. The number of aromatic nitrogens is 3. The van der Waals surface area contributed by atoms with E-state index in [1.807, 2.05) is 54.6 Å². The highest BCUT2D eigenvalue weighted by Crippen LogP contribution is 2.66. The van der Waals surface area contributed by atoms with Crippen molar-refractivity contribution >= 4 is 0 Å². The fraction of sp³-hybridized carbons (Fsp3) is 0.227. The van der Waals surface area contributed by atoms with Gasteiger partial charge in [-0.1, -0.05) is 121 Å². The SMILES string of the molecule is N#Cc1cccc(-c2ccc(C34CC5CC(C3)CC(c3ccc(-c6nc(-c7ccccc7)nc(-c7ccccc7)n6)cc3)(C5)C4)cc2)c1. The molecule has 4 aliphatic carbocycles. The summed E-state index contributed by atoms with van der Waals surface area (Å²) in [5.41, 5.74) is 9.35. The van der Waals surface area contributed by atoms with Crippen molar-refractivity contribution in [3.8, 4) is 51.4 Å². The third-order valence-corrected chi connectivity index (χ3v) is 11.3. The number of rotatable bonds is 6. The Labute approximate surface area is 282 Å². The maximum absolute atomic E-state index is 9.39. The molecule has 0 N–H and O–H groups in total. The van der Waals surface area contributed by atoms with Gasteiger partial charge >= 0.3 is 0 Å². The van der Waals surface area contributed by atoms with E-state index in [2.05, 4.69) is 84.9 Å². The Kier molecular flexibility index (Phi) is 6.83. The van der Waals surface area contributed by atoms with Gasteiger partial charge in [0.25, 0.3) is 0 Å². The molecular weight excluding hydrogens is 585 g/mol. The summed E-state index contributed by atoms with van der Waals surface area (Å²) >= 11 is 0. The maximum Gasteiger partial charge on any atom is 0.164 e. The molecule has 4 bridgehead atoms. The number of nitrogens with zero attached hydrogens (tertiary/aromatic N) is 4. The molecule has 4 aliphatic rings. The molecule has 0 spiro atoms. The normalized spacial score (nSPS) is 23.9. The molecule has 1 heterocycles. The largest absolute Gasteiger partial charge is 0.208 e. The summed E-state index contributed by atoms with van der Waals surface area (Å²) in [5, 5.41) is 9.39. The molecular formula is C44H36N4. The average molecular weight is 621 g/mol. The fourth-order valence-corrected chi connectivity index (χ4v) is 9.63. The van der Waals surface area contributed by atoms with Crippen molar-refractivity contribution in [2.24, 2.45) is 11.8 Å². The van der Waals surface area contributed by atoms with Crippen molar-refractivity contribution in [1.29, 1.82) is 5.26 Å². The highest BCUT2D eigenvalue weighted by Gasteiger charge is 2.58. The van der Waals surface area contributed by atoms with Crippen LogP contribution in [0.3, 0.4) is 0 Å². The molecule has 2 atom stereocenters. The van der Waals surface area contributed by atoms with E-state index in [-0.39, 0.29) is 10.8 Å². The predicted octanol–water partition coefficient (Wildman–Crippen LogP) is 10.2. The van der Waals surface area contributed by atoms with Crippen LogP contribution in [0, 0.1) is 23.2 Å². The number of benzene rings is 5. The van der Waals surface area contributed by atoms with Crippen LogP contribution in [0.1, 0.15) is 55.2 Å². The smallest absolute Gasteiger partial charge is 0.164 e. The van der Waals surface area contributed by atoms with E-state index in [1.165, 1.54) is 55.2 Å². The Hall–Kier alpha value is -5.40. The summed E-state index contributed by atoms with van der Waals surface area (Å²) in [5.74, 6) is 3.62. The highest BCUT2D eigenvalue weighted by molar-refractivity contribution is 5.67. The van der Waals surface area contributed by atoms with Crippen LogP contribution >= 0.6 is 0 Å². The van der Waals surface area contributed by atoms with Crippen LogP contribution in [0.4, 0.5) is 0 Å². The molecule has 1 aromatic heterocycles. The van der Waals surface area contributed by atoms with Crippen molar-refractivity contribution in [3.63, 3.8) is 0 Å². The molecule has 48 heavy (non-hydrogen) atoms. The van der Waals surface area contributed by atoms with Crippen molar-refractivity contribution < 1.29 is 0 Å². The van der Waals surface area contributed by atoms with E-state index in [9.17, 15) is 5.26 Å². The van der Waals surface area contributed by atoms with Crippen molar-refractivity contribution in [2.45, 2.75) is 49.4 Å². The monoisotopic (exact) mass is 620 g/mol. The minimum Gasteiger partial charge on any atom is -0.208 e. The molecule has 0 saturated heterocycles. The van der Waals surface area contributed by atoms with E-state index in [0.717, 1.165) is 34.1 Å². The minimum absolute atomic E-state index is 0.200. The maximum atomic E-state index is 9.39. The molecule has 0 amide bonds. The molecule has 4 heteroatoms. The van der Waals surface area contributed by atoms with E-state index in [0.29, 0.717) is 23.0 Å². The molecule has 4 saturated carbocycles. The summed E-state index contributed by atoms with van der Waals surface area (Å²) in [6.45, 7) is 0. The van der Waals surface area contributed by atoms with E-state index in [4.69, 9.17) is 15.0 Å². The average Bonchev–Trinajstić information content (AvgIpc) is 3.15. The first kappa shape index (κ1) is 28.8. The van der Waals surface area contributed by atoms with Gasteiger partial charge < -0.3 is 0 Å². The molecule has 6 aromatic rings. The molecule has 2 unspecified atom stereocenters. The van der Waals surface area contributed by atoms with Gasteiger partial charge in [0.2, 0.25) is 0 Å². The second-order valence-electron chi connectivity index (χ2n) is 14.4. The first-order valence-electron chi connectivity index (χ1n) is 17.2. The van der Waals surface area contributed by atoms with Crippen LogP contribution < -0.4 is 0 Å². The van der Waals surface area contributed by atoms with E-state index in [1.54, 1.807) is 0 Å². The number of hydrogen-bond donors (Lipinski definition) is 0. The first-order valence-corrected chi connectivity index (χ1v) is 17.2. The van der Waals surface area contributed by atoms with Crippen molar-refractivity contribution in [3.05, 3.63) is 150 Å². The quantitative estimate of drug-likeness (QED) is 0.186. The fourth-order valence-electron chi connectivity index (χ4n) is 9.63. The molecule has 0 radical (unpaired) electrons. The number of hydrogen-bond acceptors (Lipinski definition) is 4. The van der Waals surface area contributed by atoms with Gasteiger partial charge in [-0.2, -0.15) is 5.26 Å². The lowest BCUT2D eigenvalue weighted by Gasteiger charge is -2.63. The molecule has 4 fully saturated rings. The zero-order valence-electron chi connectivity index (χ0n) is 26.9.